The highest BCUT2D eigenvalue weighted by Gasteiger charge is 2.42. The van der Waals surface area contributed by atoms with Crippen LogP contribution >= 0.6 is 13.5 Å². The fourth-order valence-corrected chi connectivity index (χ4v) is 4.72. The highest BCUT2D eigenvalue weighted by Crippen LogP contribution is 2.70. The van der Waals surface area contributed by atoms with Crippen LogP contribution in [0.5, 0.6) is 0 Å². The minimum absolute atomic E-state index is 0.957. The van der Waals surface area contributed by atoms with Gasteiger partial charge in [0, 0.05) is 0 Å². The lowest BCUT2D eigenvalue weighted by atomic mass is 10.3. The molecule has 0 heterocycles. The molecule has 1 rings (SSSR count). The summed E-state index contributed by atoms with van der Waals surface area (Å²) < 4.78 is 74.8. The molecule has 0 radical (unpaired) electrons. The topological polar surface area (TPSA) is 101 Å². The molecule has 0 saturated heterocycles. The van der Waals surface area contributed by atoms with Crippen molar-refractivity contribution in [2.45, 2.75) is 4.90 Å². The van der Waals surface area contributed by atoms with Crippen molar-refractivity contribution in [3.8, 4) is 0 Å². The average Bonchev–Trinajstić information content (AvgIpc) is 2.28. The molecule has 3 N–H and O–H groups in total. The van der Waals surface area contributed by atoms with Crippen LogP contribution < -0.4 is 4.89 Å². The van der Waals surface area contributed by atoms with Crippen LogP contribution in [0.15, 0.2) is 4.90 Å². The molecule has 1 atom stereocenters. The highest BCUT2D eigenvalue weighted by molar-refractivity contribution is 8.50. The third-order valence-electron chi connectivity index (χ3n) is 1.71. The number of hydrogen-bond acceptors (Lipinski definition) is 2. The van der Waals surface area contributed by atoms with E-state index in [1.165, 1.54) is 0 Å². The maximum Gasteiger partial charge on any atom is 0.445 e. The number of benzene rings is 1. The maximum atomic E-state index is 13.1. The molecule has 0 aromatic heterocycles. The van der Waals surface area contributed by atoms with Gasteiger partial charge in [0.05, 0.1) is 0 Å². The predicted octanol–water partition coefficient (Wildman–Crippen LogP) is 1.03. The van der Waals surface area contributed by atoms with E-state index < -0.39 is 58.4 Å². The van der Waals surface area contributed by atoms with E-state index in [0.717, 1.165) is 0 Å². The van der Waals surface area contributed by atoms with Crippen LogP contribution in [-0.4, -0.2) is 14.7 Å². The average molecular weight is 344 g/mol. The standard InChI is InChI=1S/C6H3F5O5P2S/c7-1-2(8)4(10)6(5(11)3(1)9)19-18(15,16)17(12,13)14/h(H3-,12,13,14,15,16). The summed E-state index contributed by atoms with van der Waals surface area (Å²) in [6.45, 7) is 0. The van der Waals surface area contributed by atoms with Crippen molar-refractivity contribution in [1.29, 1.82) is 0 Å². The molecule has 0 aliphatic rings. The van der Waals surface area contributed by atoms with Crippen molar-refractivity contribution >= 4 is 24.4 Å². The Kier molecular flexibility index (Phi) is 4.53. The third-order valence-corrected chi connectivity index (χ3v) is 9.01. The van der Waals surface area contributed by atoms with Gasteiger partial charge < -0.3 is 19.6 Å². The molecule has 0 spiro atoms. The molecule has 108 valence electrons. The molecule has 0 fully saturated rings. The van der Waals surface area contributed by atoms with Gasteiger partial charge in [0.2, 0.25) is 29.1 Å². The molecule has 19 heavy (non-hydrogen) atoms. The Balaban J connectivity index is 3.73. The van der Waals surface area contributed by atoms with Crippen LogP contribution in [0, 0.1) is 29.1 Å². The summed E-state index contributed by atoms with van der Waals surface area (Å²) in [6, 6.07) is 0. The molecule has 0 bridgehead atoms. The van der Waals surface area contributed by atoms with E-state index in [0.29, 0.717) is 0 Å². The van der Waals surface area contributed by atoms with Gasteiger partial charge in [-0.25, -0.2) is 13.2 Å². The number of halogens is 5. The predicted molar refractivity (Wildman–Crippen MR) is 53.0 cm³/mol. The summed E-state index contributed by atoms with van der Waals surface area (Å²) >= 11 is 0. The van der Waals surface area contributed by atoms with Crippen molar-refractivity contribution in [1.82, 2.24) is 0 Å². The Morgan fingerprint density at radius 1 is 0.842 bits per heavy atom. The Morgan fingerprint density at radius 3 is 1.47 bits per heavy atom. The van der Waals surface area contributed by atoms with Gasteiger partial charge in [0.1, 0.15) is 0 Å². The van der Waals surface area contributed by atoms with Gasteiger partial charge in [-0.1, -0.05) is 0 Å². The molecular formula is C6H3F5O5P2S. The van der Waals surface area contributed by atoms with Crippen LogP contribution in [0.3, 0.4) is 0 Å². The third kappa shape index (κ3) is 3.03. The summed E-state index contributed by atoms with van der Waals surface area (Å²) in [5.41, 5.74) is 0. The molecule has 5 nitrogen and oxygen atoms in total. The Bertz CT molecular complexity index is 608. The van der Waals surface area contributed by atoms with Gasteiger partial charge in [-0.15, -0.1) is 0 Å². The van der Waals surface area contributed by atoms with E-state index in [4.69, 9.17) is 14.7 Å². The molecule has 1 unspecified atom stereocenters. The van der Waals surface area contributed by atoms with Gasteiger partial charge in [0.15, 0.2) is 0 Å². The molecule has 1 aromatic rings. The second kappa shape index (κ2) is 5.17. The molecule has 13 heteroatoms. The Labute approximate surface area is 105 Å². The first-order valence-electron chi connectivity index (χ1n) is 4.00. The summed E-state index contributed by atoms with van der Waals surface area (Å²) in [4.78, 5) is 35.0. The van der Waals surface area contributed by atoms with E-state index in [1.807, 2.05) is 0 Å². The van der Waals surface area contributed by atoms with E-state index in [9.17, 15) is 31.4 Å². The van der Waals surface area contributed by atoms with Crippen LogP contribution in [0.2, 0.25) is 0 Å². The zero-order valence-corrected chi connectivity index (χ0v) is 11.0. The van der Waals surface area contributed by atoms with Gasteiger partial charge in [0.25, 0.3) is 18.2 Å². The monoisotopic (exact) mass is 344 g/mol. The largest absolute Gasteiger partial charge is 0.768 e. The summed E-state index contributed by atoms with van der Waals surface area (Å²) in [5.74, 6) is -12.2. The Morgan fingerprint density at radius 2 is 1.16 bits per heavy atom. The number of hydrogen-bond donors (Lipinski definition) is 3. The fourth-order valence-electron chi connectivity index (χ4n) is 0.839. The van der Waals surface area contributed by atoms with Gasteiger partial charge in [-0.3, -0.25) is 4.57 Å². The van der Waals surface area contributed by atoms with Crippen molar-refractivity contribution in [3.05, 3.63) is 29.1 Å². The smallest absolute Gasteiger partial charge is 0.445 e. The number of rotatable bonds is 2. The maximum absolute atomic E-state index is 13.1. The van der Waals surface area contributed by atoms with Crippen molar-refractivity contribution in [3.63, 3.8) is 0 Å². The molecule has 0 amide bonds. The second-order valence-corrected chi connectivity index (χ2v) is 11.7. The van der Waals surface area contributed by atoms with Gasteiger partial charge in [-0.05, 0) is 0 Å². The SMILES string of the molecule is O=P([O-])(O)P(O)(O)=[S+]c1c(F)c(F)c(F)c(F)c1F. The molecule has 0 aliphatic carbocycles. The van der Waals surface area contributed by atoms with Crippen molar-refractivity contribution in [2.75, 3.05) is 0 Å². The lowest BCUT2D eigenvalue weighted by Gasteiger charge is -2.14. The van der Waals surface area contributed by atoms with Crippen LogP contribution in [-0.2, 0) is 15.5 Å². The molecular weight excluding hydrogens is 341 g/mol. The lowest BCUT2D eigenvalue weighted by molar-refractivity contribution is -0.186. The highest BCUT2D eigenvalue weighted by atomic mass is 32.7. The Hall–Kier alpha value is -0.410. The van der Waals surface area contributed by atoms with Crippen molar-refractivity contribution in [2.24, 2.45) is 0 Å². The van der Waals surface area contributed by atoms with Crippen LogP contribution in [0.1, 0.15) is 0 Å². The summed E-state index contributed by atoms with van der Waals surface area (Å²) in [7, 11) is -6.81. The fraction of sp³-hybridized carbons (Fsp3) is 0. The van der Waals surface area contributed by atoms with Gasteiger partial charge >= 0.3 is 11.1 Å². The molecule has 0 saturated carbocycles. The zero-order valence-electron chi connectivity index (χ0n) is 8.35. The summed E-state index contributed by atoms with van der Waals surface area (Å²) in [5, 5.41) is 0. The van der Waals surface area contributed by atoms with E-state index in [2.05, 4.69) is 0 Å². The molecule has 0 aliphatic heterocycles. The first kappa shape index (κ1) is 16.6. The van der Waals surface area contributed by atoms with Crippen LogP contribution in [0.4, 0.5) is 22.0 Å². The van der Waals surface area contributed by atoms with E-state index >= 15 is 0 Å². The van der Waals surface area contributed by atoms with Crippen LogP contribution in [0.25, 0.3) is 0 Å². The van der Waals surface area contributed by atoms with E-state index in [-0.39, 0.29) is 0 Å². The van der Waals surface area contributed by atoms with Gasteiger partial charge in [-0.2, -0.15) is 8.78 Å². The molecule has 1 aromatic carbocycles. The zero-order chi connectivity index (χ0) is 15.2. The first-order valence-corrected chi connectivity index (χ1v) is 9.40. The first-order chi connectivity index (χ1) is 8.40. The lowest BCUT2D eigenvalue weighted by Crippen LogP contribution is -2.06. The minimum Gasteiger partial charge on any atom is -0.768 e. The van der Waals surface area contributed by atoms with Crippen molar-refractivity contribution < 1.29 is 46.1 Å². The van der Waals surface area contributed by atoms with E-state index in [1.54, 1.807) is 0 Å². The quantitative estimate of drug-likeness (QED) is 0.245. The summed E-state index contributed by atoms with van der Waals surface area (Å²) in [6.07, 6.45) is -5.42. The normalized spacial score (nSPS) is 15.2. The second-order valence-electron chi connectivity index (χ2n) is 2.99. The minimum atomic E-state index is -5.85.